The number of hydrogen-bond acceptors (Lipinski definition) is 3. The average molecular weight is 322 g/mol. The molecule has 0 unspecified atom stereocenters. The quantitative estimate of drug-likeness (QED) is 0.769. The normalized spacial score (nSPS) is 10.2. The predicted octanol–water partition coefficient (Wildman–Crippen LogP) is 3.74. The van der Waals surface area contributed by atoms with Crippen LogP contribution >= 0.6 is 0 Å². The Kier molecular flexibility index (Phi) is 4.47. The van der Waals surface area contributed by atoms with Crippen molar-refractivity contribution < 1.29 is 9.53 Å². The van der Waals surface area contributed by atoms with Crippen molar-refractivity contribution >= 4 is 17.5 Å². The van der Waals surface area contributed by atoms with Gasteiger partial charge >= 0.3 is 6.03 Å². The van der Waals surface area contributed by atoms with Gasteiger partial charge in [0.2, 0.25) is 0 Å². The molecule has 0 saturated carbocycles. The summed E-state index contributed by atoms with van der Waals surface area (Å²) in [5, 5.41) is 9.81. The largest absolute Gasteiger partial charge is 0.497 e. The third kappa shape index (κ3) is 3.55. The highest BCUT2D eigenvalue weighted by Crippen LogP contribution is 2.22. The third-order valence-electron chi connectivity index (χ3n) is 3.52. The standard InChI is InChI=1S/C18H18N4O2/c1-22-16(13-7-4-3-5-8-13)12-17(21-22)20-18(23)19-14-9-6-10-15(11-14)24-2/h3-12H,1-2H3,(H2,19,20,21,23). The van der Waals surface area contributed by atoms with Crippen molar-refractivity contribution in [1.29, 1.82) is 0 Å². The zero-order valence-corrected chi connectivity index (χ0v) is 13.5. The van der Waals surface area contributed by atoms with Gasteiger partial charge in [-0.3, -0.25) is 10.00 Å². The molecule has 0 aliphatic carbocycles. The third-order valence-corrected chi connectivity index (χ3v) is 3.52. The summed E-state index contributed by atoms with van der Waals surface area (Å²) in [5.41, 5.74) is 2.60. The Morgan fingerprint density at radius 2 is 1.83 bits per heavy atom. The molecule has 0 radical (unpaired) electrons. The molecule has 1 heterocycles. The van der Waals surface area contributed by atoms with E-state index in [1.807, 2.05) is 55.6 Å². The van der Waals surface area contributed by atoms with Crippen LogP contribution in [0.15, 0.2) is 60.7 Å². The Morgan fingerprint density at radius 1 is 1.04 bits per heavy atom. The van der Waals surface area contributed by atoms with Gasteiger partial charge in [0.25, 0.3) is 0 Å². The molecule has 2 amide bonds. The van der Waals surface area contributed by atoms with Crippen LogP contribution in [0.5, 0.6) is 5.75 Å². The second kappa shape index (κ2) is 6.87. The van der Waals surface area contributed by atoms with Gasteiger partial charge in [-0.05, 0) is 17.7 Å². The van der Waals surface area contributed by atoms with Crippen LogP contribution in [-0.4, -0.2) is 22.9 Å². The first-order valence-corrected chi connectivity index (χ1v) is 7.47. The van der Waals surface area contributed by atoms with E-state index in [9.17, 15) is 4.79 Å². The lowest BCUT2D eigenvalue weighted by atomic mass is 10.1. The molecule has 0 bridgehead atoms. The lowest BCUT2D eigenvalue weighted by Gasteiger charge is -2.07. The molecule has 24 heavy (non-hydrogen) atoms. The number of methoxy groups -OCH3 is 1. The van der Waals surface area contributed by atoms with Crippen molar-refractivity contribution in [2.45, 2.75) is 0 Å². The highest BCUT2D eigenvalue weighted by atomic mass is 16.5. The smallest absolute Gasteiger partial charge is 0.324 e. The Hall–Kier alpha value is -3.28. The molecule has 0 saturated heterocycles. The molecular formula is C18H18N4O2. The maximum absolute atomic E-state index is 12.1. The van der Waals surface area contributed by atoms with Crippen LogP contribution in [0.1, 0.15) is 0 Å². The van der Waals surface area contributed by atoms with E-state index in [0.717, 1.165) is 11.3 Å². The Labute approximate surface area is 140 Å². The number of rotatable bonds is 4. The first-order valence-electron chi connectivity index (χ1n) is 7.47. The number of ether oxygens (including phenoxy) is 1. The van der Waals surface area contributed by atoms with Crippen LogP contribution in [0.2, 0.25) is 0 Å². The summed E-state index contributed by atoms with van der Waals surface area (Å²) in [6.07, 6.45) is 0. The maximum atomic E-state index is 12.1. The minimum absolute atomic E-state index is 0.360. The number of carbonyl (C=O) groups is 1. The molecule has 2 aromatic carbocycles. The molecule has 6 nitrogen and oxygen atoms in total. The number of amides is 2. The van der Waals surface area contributed by atoms with E-state index in [2.05, 4.69) is 15.7 Å². The van der Waals surface area contributed by atoms with Gasteiger partial charge in [-0.15, -0.1) is 0 Å². The van der Waals surface area contributed by atoms with Gasteiger partial charge in [-0.2, -0.15) is 5.10 Å². The van der Waals surface area contributed by atoms with E-state index in [0.29, 0.717) is 17.3 Å². The maximum Gasteiger partial charge on any atom is 0.324 e. The van der Waals surface area contributed by atoms with Crippen LogP contribution in [0.3, 0.4) is 0 Å². The molecule has 0 fully saturated rings. The van der Waals surface area contributed by atoms with Gasteiger partial charge in [0.1, 0.15) is 5.75 Å². The van der Waals surface area contributed by atoms with Crippen molar-refractivity contribution in [1.82, 2.24) is 9.78 Å². The van der Waals surface area contributed by atoms with E-state index in [1.165, 1.54) is 0 Å². The summed E-state index contributed by atoms with van der Waals surface area (Å²) in [7, 11) is 3.42. The molecular weight excluding hydrogens is 304 g/mol. The summed E-state index contributed by atoms with van der Waals surface area (Å²) >= 11 is 0. The molecule has 0 atom stereocenters. The summed E-state index contributed by atoms with van der Waals surface area (Å²) in [5.74, 6) is 1.16. The van der Waals surface area contributed by atoms with Gasteiger partial charge in [0.05, 0.1) is 12.8 Å². The van der Waals surface area contributed by atoms with E-state index >= 15 is 0 Å². The molecule has 122 valence electrons. The second-order valence-electron chi connectivity index (χ2n) is 5.22. The van der Waals surface area contributed by atoms with Crippen LogP contribution in [0.25, 0.3) is 11.3 Å². The molecule has 3 rings (SSSR count). The SMILES string of the molecule is COc1cccc(NC(=O)Nc2cc(-c3ccccc3)n(C)n2)c1. The van der Waals surface area contributed by atoms with E-state index in [1.54, 1.807) is 23.9 Å². The zero-order chi connectivity index (χ0) is 16.9. The van der Waals surface area contributed by atoms with Crippen LogP contribution < -0.4 is 15.4 Å². The minimum atomic E-state index is -0.360. The molecule has 2 N–H and O–H groups in total. The number of aromatic nitrogens is 2. The molecule has 0 spiro atoms. The summed E-state index contributed by atoms with van der Waals surface area (Å²) in [6, 6.07) is 18.5. The minimum Gasteiger partial charge on any atom is -0.497 e. The van der Waals surface area contributed by atoms with Gasteiger partial charge in [0.15, 0.2) is 5.82 Å². The van der Waals surface area contributed by atoms with E-state index < -0.39 is 0 Å². The Bertz CT molecular complexity index is 843. The number of nitrogens with zero attached hydrogens (tertiary/aromatic N) is 2. The predicted molar refractivity (Wildman–Crippen MR) is 94.3 cm³/mol. The highest BCUT2D eigenvalue weighted by molar-refractivity contribution is 5.99. The molecule has 1 aromatic heterocycles. The van der Waals surface area contributed by atoms with Crippen molar-refractivity contribution in [3.05, 3.63) is 60.7 Å². The summed E-state index contributed by atoms with van der Waals surface area (Å²) < 4.78 is 6.87. The zero-order valence-electron chi connectivity index (χ0n) is 13.5. The fourth-order valence-electron chi connectivity index (χ4n) is 2.39. The highest BCUT2D eigenvalue weighted by Gasteiger charge is 2.10. The number of benzene rings is 2. The summed E-state index contributed by atoms with van der Waals surface area (Å²) in [4.78, 5) is 12.1. The Balaban J connectivity index is 1.71. The van der Waals surface area contributed by atoms with Crippen molar-refractivity contribution in [3.8, 4) is 17.0 Å². The monoisotopic (exact) mass is 322 g/mol. The van der Waals surface area contributed by atoms with Crippen LogP contribution in [0.4, 0.5) is 16.3 Å². The number of nitrogens with one attached hydrogen (secondary N) is 2. The number of carbonyl (C=O) groups excluding carboxylic acids is 1. The topological polar surface area (TPSA) is 68.2 Å². The first-order chi connectivity index (χ1) is 11.7. The molecule has 0 aliphatic heterocycles. The number of urea groups is 1. The molecule has 3 aromatic rings. The van der Waals surface area contributed by atoms with Gasteiger partial charge in [0, 0.05) is 24.9 Å². The Morgan fingerprint density at radius 3 is 2.58 bits per heavy atom. The molecule has 0 aliphatic rings. The van der Waals surface area contributed by atoms with Gasteiger partial charge in [-0.25, -0.2) is 4.79 Å². The molecule has 6 heteroatoms. The fourth-order valence-corrected chi connectivity index (χ4v) is 2.39. The fraction of sp³-hybridized carbons (Fsp3) is 0.111. The lowest BCUT2D eigenvalue weighted by Crippen LogP contribution is -2.19. The van der Waals surface area contributed by atoms with Crippen molar-refractivity contribution in [3.63, 3.8) is 0 Å². The van der Waals surface area contributed by atoms with E-state index in [4.69, 9.17) is 4.74 Å². The van der Waals surface area contributed by atoms with Crippen LogP contribution in [0, 0.1) is 0 Å². The number of hydrogen-bond donors (Lipinski definition) is 2. The van der Waals surface area contributed by atoms with Gasteiger partial charge in [-0.1, -0.05) is 36.4 Å². The lowest BCUT2D eigenvalue weighted by molar-refractivity contribution is 0.262. The first kappa shape index (κ1) is 15.6. The second-order valence-corrected chi connectivity index (χ2v) is 5.22. The number of aryl methyl sites for hydroxylation is 1. The van der Waals surface area contributed by atoms with Crippen molar-refractivity contribution in [2.24, 2.45) is 7.05 Å². The van der Waals surface area contributed by atoms with Crippen LogP contribution in [-0.2, 0) is 7.05 Å². The average Bonchev–Trinajstić information content (AvgIpc) is 2.96. The number of anilines is 2. The van der Waals surface area contributed by atoms with Crippen molar-refractivity contribution in [2.75, 3.05) is 17.7 Å². The van der Waals surface area contributed by atoms with Gasteiger partial charge < -0.3 is 10.1 Å². The van der Waals surface area contributed by atoms with E-state index in [-0.39, 0.29) is 6.03 Å². The summed E-state index contributed by atoms with van der Waals surface area (Å²) in [6.45, 7) is 0.